The SMILES string of the molecule is CCCCCCN1c2ccccc2Sc2cc(CN)ccc21. The van der Waals surface area contributed by atoms with E-state index in [0.717, 1.165) is 6.54 Å². The van der Waals surface area contributed by atoms with Crippen LogP contribution in [-0.4, -0.2) is 6.54 Å². The van der Waals surface area contributed by atoms with E-state index in [0.29, 0.717) is 6.54 Å². The third-order valence-electron chi connectivity index (χ3n) is 4.16. The average molecular weight is 312 g/mol. The van der Waals surface area contributed by atoms with Crippen molar-refractivity contribution in [1.82, 2.24) is 0 Å². The molecule has 3 heteroatoms. The van der Waals surface area contributed by atoms with Crippen LogP contribution in [0, 0.1) is 0 Å². The maximum atomic E-state index is 5.80. The minimum atomic E-state index is 0.603. The fraction of sp³-hybridized carbons (Fsp3) is 0.368. The molecule has 1 aliphatic heterocycles. The van der Waals surface area contributed by atoms with E-state index >= 15 is 0 Å². The zero-order valence-corrected chi connectivity index (χ0v) is 14.0. The minimum absolute atomic E-state index is 0.603. The van der Waals surface area contributed by atoms with Crippen molar-refractivity contribution < 1.29 is 0 Å². The fourth-order valence-electron chi connectivity index (χ4n) is 2.94. The smallest absolute Gasteiger partial charge is 0.0553 e. The Kier molecular flexibility index (Phi) is 5.06. The Balaban J connectivity index is 1.90. The largest absolute Gasteiger partial charge is 0.340 e. The van der Waals surface area contributed by atoms with E-state index in [1.807, 2.05) is 11.8 Å². The summed E-state index contributed by atoms with van der Waals surface area (Å²) in [7, 11) is 0. The molecule has 2 N–H and O–H groups in total. The molecule has 2 aromatic carbocycles. The van der Waals surface area contributed by atoms with Gasteiger partial charge in [-0.05, 0) is 36.2 Å². The molecule has 0 spiro atoms. The number of anilines is 2. The zero-order valence-electron chi connectivity index (χ0n) is 13.2. The van der Waals surface area contributed by atoms with Gasteiger partial charge in [-0.2, -0.15) is 0 Å². The lowest BCUT2D eigenvalue weighted by Crippen LogP contribution is -2.22. The van der Waals surface area contributed by atoms with Crippen molar-refractivity contribution in [3.63, 3.8) is 0 Å². The number of benzene rings is 2. The molecule has 0 saturated carbocycles. The van der Waals surface area contributed by atoms with Crippen LogP contribution in [0.15, 0.2) is 52.3 Å². The molecule has 3 rings (SSSR count). The van der Waals surface area contributed by atoms with E-state index < -0.39 is 0 Å². The van der Waals surface area contributed by atoms with Crippen molar-refractivity contribution >= 4 is 23.1 Å². The summed E-state index contributed by atoms with van der Waals surface area (Å²) >= 11 is 1.86. The maximum Gasteiger partial charge on any atom is 0.0553 e. The minimum Gasteiger partial charge on any atom is -0.340 e. The third-order valence-corrected chi connectivity index (χ3v) is 5.27. The van der Waals surface area contributed by atoms with Crippen molar-refractivity contribution in [2.75, 3.05) is 11.4 Å². The fourth-order valence-corrected chi connectivity index (χ4v) is 4.10. The normalized spacial score (nSPS) is 12.9. The molecule has 2 nitrogen and oxygen atoms in total. The van der Waals surface area contributed by atoms with Crippen LogP contribution in [0.25, 0.3) is 0 Å². The first-order valence-electron chi connectivity index (χ1n) is 8.21. The summed E-state index contributed by atoms with van der Waals surface area (Å²) in [4.78, 5) is 5.16. The molecule has 0 radical (unpaired) electrons. The predicted molar refractivity (Wildman–Crippen MR) is 96.0 cm³/mol. The Bertz CT molecular complexity index is 639. The van der Waals surface area contributed by atoms with Gasteiger partial charge in [0.15, 0.2) is 0 Å². The average Bonchev–Trinajstić information content (AvgIpc) is 2.57. The van der Waals surface area contributed by atoms with Gasteiger partial charge in [-0.1, -0.05) is 56.1 Å². The van der Waals surface area contributed by atoms with Crippen LogP contribution in [0.4, 0.5) is 11.4 Å². The molecule has 0 bridgehead atoms. The van der Waals surface area contributed by atoms with Crippen LogP contribution in [0.3, 0.4) is 0 Å². The highest BCUT2D eigenvalue weighted by molar-refractivity contribution is 7.99. The summed E-state index contributed by atoms with van der Waals surface area (Å²) < 4.78 is 0. The number of fused-ring (bicyclic) bond motifs is 2. The monoisotopic (exact) mass is 312 g/mol. The molecule has 1 heterocycles. The number of hydrogen-bond acceptors (Lipinski definition) is 3. The van der Waals surface area contributed by atoms with E-state index in [2.05, 4.69) is 54.3 Å². The Morgan fingerprint density at radius 2 is 1.77 bits per heavy atom. The van der Waals surface area contributed by atoms with Gasteiger partial charge in [-0.25, -0.2) is 0 Å². The second kappa shape index (κ2) is 7.21. The number of unbranched alkanes of at least 4 members (excludes halogenated alkanes) is 3. The van der Waals surface area contributed by atoms with Gasteiger partial charge in [0.1, 0.15) is 0 Å². The molecule has 116 valence electrons. The molecule has 0 aliphatic carbocycles. The highest BCUT2D eigenvalue weighted by Crippen LogP contribution is 2.48. The van der Waals surface area contributed by atoms with E-state index in [1.165, 1.54) is 52.4 Å². The Labute approximate surface area is 137 Å². The lowest BCUT2D eigenvalue weighted by atomic mass is 10.1. The first-order chi connectivity index (χ1) is 10.8. The van der Waals surface area contributed by atoms with Crippen LogP contribution in [0.1, 0.15) is 38.2 Å². The first kappa shape index (κ1) is 15.4. The number of nitrogens with two attached hydrogens (primary N) is 1. The van der Waals surface area contributed by atoms with E-state index in [1.54, 1.807) is 0 Å². The van der Waals surface area contributed by atoms with Gasteiger partial charge in [0.25, 0.3) is 0 Å². The Morgan fingerprint density at radius 1 is 0.955 bits per heavy atom. The lowest BCUT2D eigenvalue weighted by Gasteiger charge is -2.33. The third kappa shape index (κ3) is 3.16. The molecule has 0 unspecified atom stereocenters. The quantitative estimate of drug-likeness (QED) is 0.731. The first-order valence-corrected chi connectivity index (χ1v) is 9.02. The molecule has 0 atom stereocenters. The van der Waals surface area contributed by atoms with E-state index in [-0.39, 0.29) is 0 Å². The molecule has 0 saturated heterocycles. The molecule has 0 fully saturated rings. The second-order valence-electron chi connectivity index (χ2n) is 5.79. The van der Waals surface area contributed by atoms with Gasteiger partial charge in [-0.3, -0.25) is 0 Å². The highest BCUT2D eigenvalue weighted by Gasteiger charge is 2.22. The van der Waals surface area contributed by atoms with Gasteiger partial charge in [0, 0.05) is 22.9 Å². The number of nitrogens with zero attached hydrogens (tertiary/aromatic N) is 1. The summed E-state index contributed by atoms with van der Waals surface area (Å²) in [6.45, 7) is 3.95. The van der Waals surface area contributed by atoms with E-state index in [9.17, 15) is 0 Å². The number of rotatable bonds is 6. The van der Waals surface area contributed by atoms with Crippen molar-refractivity contribution in [1.29, 1.82) is 0 Å². The van der Waals surface area contributed by atoms with Gasteiger partial charge in [0.2, 0.25) is 0 Å². The maximum absolute atomic E-state index is 5.80. The predicted octanol–water partition coefficient (Wildman–Crippen LogP) is 5.33. The van der Waals surface area contributed by atoms with Crippen LogP contribution >= 0.6 is 11.8 Å². The Hall–Kier alpha value is -1.45. The van der Waals surface area contributed by atoms with E-state index in [4.69, 9.17) is 5.73 Å². The molecular weight excluding hydrogens is 288 g/mol. The van der Waals surface area contributed by atoms with Crippen molar-refractivity contribution in [2.45, 2.75) is 48.9 Å². The van der Waals surface area contributed by atoms with Crippen molar-refractivity contribution in [3.05, 3.63) is 48.0 Å². The Morgan fingerprint density at radius 3 is 2.59 bits per heavy atom. The highest BCUT2D eigenvalue weighted by atomic mass is 32.2. The topological polar surface area (TPSA) is 29.3 Å². The van der Waals surface area contributed by atoms with Gasteiger partial charge in [0.05, 0.1) is 11.4 Å². The standard InChI is InChI=1S/C19H24N2S/c1-2-3-4-7-12-21-16-8-5-6-9-18(16)22-19-13-15(14-20)10-11-17(19)21/h5-6,8-11,13H,2-4,7,12,14,20H2,1H3. The van der Waals surface area contributed by atoms with Crippen molar-refractivity contribution in [2.24, 2.45) is 5.73 Å². The molecule has 2 aromatic rings. The van der Waals surface area contributed by atoms with Crippen LogP contribution < -0.4 is 10.6 Å². The number of hydrogen-bond donors (Lipinski definition) is 1. The summed E-state index contributed by atoms with van der Waals surface area (Å²) in [5.74, 6) is 0. The molecule has 1 aliphatic rings. The molecular formula is C19H24N2S. The summed E-state index contributed by atoms with van der Waals surface area (Å²) in [6, 6.07) is 15.4. The zero-order chi connectivity index (χ0) is 15.4. The van der Waals surface area contributed by atoms with Crippen LogP contribution in [0.2, 0.25) is 0 Å². The van der Waals surface area contributed by atoms with Crippen molar-refractivity contribution in [3.8, 4) is 0 Å². The van der Waals surface area contributed by atoms with Crippen LogP contribution in [-0.2, 0) is 6.54 Å². The second-order valence-corrected chi connectivity index (χ2v) is 6.87. The lowest BCUT2D eigenvalue weighted by molar-refractivity contribution is 0.665. The molecule has 22 heavy (non-hydrogen) atoms. The number of para-hydroxylation sites is 1. The van der Waals surface area contributed by atoms with Crippen LogP contribution in [0.5, 0.6) is 0 Å². The summed E-state index contributed by atoms with van der Waals surface area (Å²) in [5, 5.41) is 0. The van der Waals surface area contributed by atoms with Gasteiger partial charge >= 0.3 is 0 Å². The molecule has 0 amide bonds. The van der Waals surface area contributed by atoms with Gasteiger partial charge < -0.3 is 10.6 Å². The molecule has 0 aromatic heterocycles. The van der Waals surface area contributed by atoms with Gasteiger partial charge in [-0.15, -0.1) is 0 Å². The summed E-state index contributed by atoms with van der Waals surface area (Å²) in [5.41, 5.74) is 9.68. The summed E-state index contributed by atoms with van der Waals surface area (Å²) in [6.07, 6.45) is 5.15.